The first-order chi connectivity index (χ1) is 8.67. The van der Waals surface area contributed by atoms with Crippen molar-refractivity contribution in [3.8, 4) is 0 Å². The van der Waals surface area contributed by atoms with Gasteiger partial charge in [-0.15, -0.1) is 0 Å². The Kier molecular flexibility index (Phi) is 4.68. The summed E-state index contributed by atoms with van der Waals surface area (Å²) in [5, 5.41) is 13.4. The van der Waals surface area contributed by atoms with Crippen LogP contribution in [0.1, 0.15) is 39.0 Å². The van der Waals surface area contributed by atoms with Crippen molar-refractivity contribution < 1.29 is 5.11 Å². The Morgan fingerprint density at radius 2 is 2.11 bits per heavy atom. The lowest BCUT2D eigenvalue weighted by Gasteiger charge is -2.41. The average Bonchev–Trinajstić information content (AvgIpc) is 2.42. The minimum absolute atomic E-state index is 0.118. The zero-order valence-electron chi connectivity index (χ0n) is 11.0. The van der Waals surface area contributed by atoms with Crippen molar-refractivity contribution in [2.24, 2.45) is 5.92 Å². The summed E-state index contributed by atoms with van der Waals surface area (Å²) in [7, 11) is 0. The van der Waals surface area contributed by atoms with Gasteiger partial charge in [-0.3, -0.25) is 0 Å². The SMILES string of the molecule is CCC1CCCC(CO)(Nc2ccc(Br)cc2)C1. The molecular formula is C15H22BrNO. The Bertz CT molecular complexity index is 379. The van der Waals surface area contributed by atoms with Crippen LogP contribution in [0.5, 0.6) is 0 Å². The summed E-state index contributed by atoms with van der Waals surface area (Å²) in [5.41, 5.74) is 0.983. The van der Waals surface area contributed by atoms with Crippen LogP contribution in [0.15, 0.2) is 28.7 Å². The van der Waals surface area contributed by atoms with Gasteiger partial charge < -0.3 is 10.4 Å². The maximum absolute atomic E-state index is 9.80. The smallest absolute Gasteiger partial charge is 0.0661 e. The Labute approximate surface area is 118 Å². The van der Waals surface area contributed by atoms with Gasteiger partial charge in [-0.1, -0.05) is 42.1 Å². The van der Waals surface area contributed by atoms with Crippen molar-refractivity contribution in [1.29, 1.82) is 0 Å². The molecule has 2 atom stereocenters. The van der Waals surface area contributed by atoms with Gasteiger partial charge in [-0.25, -0.2) is 0 Å². The number of aliphatic hydroxyl groups is 1. The molecule has 0 aromatic heterocycles. The van der Waals surface area contributed by atoms with Gasteiger partial charge in [0.2, 0.25) is 0 Å². The van der Waals surface area contributed by atoms with Crippen molar-refractivity contribution >= 4 is 21.6 Å². The fraction of sp³-hybridized carbons (Fsp3) is 0.600. The maximum atomic E-state index is 9.80. The number of rotatable bonds is 4. The van der Waals surface area contributed by atoms with Crippen molar-refractivity contribution in [3.05, 3.63) is 28.7 Å². The van der Waals surface area contributed by atoms with E-state index in [0.717, 1.165) is 28.9 Å². The zero-order valence-corrected chi connectivity index (χ0v) is 12.5. The lowest BCUT2D eigenvalue weighted by Crippen LogP contribution is -2.46. The molecule has 1 fully saturated rings. The first kappa shape index (κ1) is 13.9. The van der Waals surface area contributed by atoms with Crippen LogP contribution in [0, 0.1) is 5.92 Å². The molecule has 0 radical (unpaired) electrons. The molecule has 1 aliphatic rings. The van der Waals surface area contributed by atoms with Gasteiger partial charge in [-0.05, 0) is 43.0 Å². The first-order valence-electron chi connectivity index (χ1n) is 6.82. The molecule has 0 spiro atoms. The first-order valence-corrected chi connectivity index (χ1v) is 7.61. The normalized spacial score (nSPS) is 28.1. The number of anilines is 1. The average molecular weight is 312 g/mol. The Hall–Kier alpha value is -0.540. The van der Waals surface area contributed by atoms with Gasteiger partial charge in [0.25, 0.3) is 0 Å². The summed E-state index contributed by atoms with van der Waals surface area (Å²) in [4.78, 5) is 0. The molecule has 0 aliphatic heterocycles. The number of hydrogen-bond acceptors (Lipinski definition) is 2. The second-order valence-electron chi connectivity index (χ2n) is 5.44. The number of hydrogen-bond donors (Lipinski definition) is 2. The molecule has 2 N–H and O–H groups in total. The maximum Gasteiger partial charge on any atom is 0.0661 e. The van der Waals surface area contributed by atoms with Gasteiger partial charge in [-0.2, -0.15) is 0 Å². The molecule has 2 rings (SSSR count). The van der Waals surface area contributed by atoms with E-state index in [0.29, 0.717) is 0 Å². The highest BCUT2D eigenvalue weighted by atomic mass is 79.9. The van der Waals surface area contributed by atoms with Crippen LogP contribution in [0.25, 0.3) is 0 Å². The highest BCUT2D eigenvalue weighted by molar-refractivity contribution is 9.10. The molecule has 2 nitrogen and oxygen atoms in total. The van der Waals surface area contributed by atoms with E-state index in [4.69, 9.17) is 0 Å². The van der Waals surface area contributed by atoms with Crippen LogP contribution in [-0.2, 0) is 0 Å². The third-order valence-corrected chi connectivity index (χ3v) is 4.61. The molecule has 100 valence electrons. The van der Waals surface area contributed by atoms with Gasteiger partial charge in [0.15, 0.2) is 0 Å². The second-order valence-corrected chi connectivity index (χ2v) is 6.36. The van der Waals surface area contributed by atoms with Crippen molar-refractivity contribution in [2.45, 2.75) is 44.6 Å². The molecule has 2 unspecified atom stereocenters. The minimum atomic E-state index is -0.118. The summed E-state index contributed by atoms with van der Waals surface area (Å²) in [6, 6.07) is 8.20. The van der Waals surface area contributed by atoms with E-state index in [9.17, 15) is 5.11 Å². The van der Waals surface area contributed by atoms with E-state index >= 15 is 0 Å². The van der Waals surface area contributed by atoms with E-state index in [1.54, 1.807) is 0 Å². The van der Waals surface area contributed by atoms with E-state index < -0.39 is 0 Å². The van der Waals surface area contributed by atoms with E-state index in [1.165, 1.54) is 19.3 Å². The molecule has 0 saturated heterocycles. The lowest BCUT2D eigenvalue weighted by atomic mass is 9.75. The molecule has 1 aromatic rings. The van der Waals surface area contributed by atoms with Crippen LogP contribution in [-0.4, -0.2) is 17.3 Å². The predicted molar refractivity (Wildman–Crippen MR) is 79.8 cm³/mol. The van der Waals surface area contributed by atoms with Crippen molar-refractivity contribution in [1.82, 2.24) is 0 Å². The van der Waals surface area contributed by atoms with E-state index in [2.05, 4.69) is 40.3 Å². The third kappa shape index (κ3) is 3.27. The Morgan fingerprint density at radius 3 is 2.72 bits per heavy atom. The standard InChI is InChI=1S/C15H22BrNO/c1-2-12-4-3-9-15(10-12,11-18)17-14-7-5-13(16)6-8-14/h5-8,12,17-18H,2-4,9-11H2,1H3. The fourth-order valence-corrected chi connectivity index (χ4v) is 3.23. The molecule has 18 heavy (non-hydrogen) atoms. The Morgan fingerprint density at radius 1 is 1.39 bits per heavy atom. The Balaban J connectivity index is 2.09. The third-order valence-electron chi connectivity index (χ3n) is 4.08. The van der Waals surface area contributed by atoms with Crippen LogP contribution in [0.4, 0.5) is 5.69 Å². The van der Waals surface area contributed by atoms with E-state index in [-0.39, 0.29) is 12.1 Å². The highest BCUT2D eigenvalue weighted by Gasteiger charge is 2.35. The van der Waals surface area contributed by atoms with Crippen LogP contribution >= 0.6 is 15.9 Å². The zero-order chi connectivity index (χ0) is 13.0. The summed E-state index contributed by atoms with van der Waals surface area (Å²) in [6.45, 7) is 2.47. The molecule has 1 aromatic carbocycles. The largest absolute Gasteiger partial charge is 0.394 e. The van der Waals surface area contributed by atoms with Gasteiger partial charge >= 0.3 is 0 Å². The molecule has 3 heteroatoms. The second kappa shape index (κ2) is 6.07. The number of halogens is 1. The lowest BCUT2D eigenvalue weighted by molar-refractivity contribution is 0.142. The van der Waals surface area contributed by atoms with Gasteiger partial charge in [0.05, 0.1) is 12.1 Å². The molecule has 1 aliphatic carbocycles. The summed E-state index contributed by atoms with van der Waals surface area (Å²) < 4.78 is 1.08. The van der Waals surface area contributed by atoms with Crippen molar-refractivity contribution in [2.75, 3.05) is 11.9 Å². The highest BCUT2D eigenvalue weighted by Crippen LogP contribution is 2.36. The molecule has 0 heterocycles. The molecule has 1 saturated carbocycles. The van der Waals surface area contributed by atoms with Gasteiger partial charge in [0, 0.05) is 10.2 Å². The fourth-order valence-electron chi connectivity index (χ4n) is 2.97. The topological polar surface area (TPSA) is 32.3 Å². The van der Waals surface area contributed by atoms with Crippen LogP contribution < -0.4 is 5.32 Å². The summed E-state index contributed by atoms with van der Waals surface area (Å²) in [6.07, 6.45) is 5.87. The monoisotopic (exact) mass is 311 g/mol. The molecule has 0 amide bonds. The summed E-state index contributed by atoms with van der Waals surface area (Å²) in [5.74, 6) is 0.744. The van der Waals surface area contributed by atoms with Gasteiger partial charge in [0.1, 0.15) is 0 Å². The predicted octanol–water partition coefficient (Wildman–Crippen LogP) is 4.19. The van der Waals surface area contributed by atoms with Crippen LogP contribution in [0.2, 0.25) is 0 Å². The molecule has 0 bridgehead atoms. The van der Waals surface area contributed by atoms with Crippen molar-refractivity contribution in [3.63, 3.8) is 0 Å². The molecular weight excluding hydrogens is 290 g/mol. The van der Waals surface area contributed by atoms with E-state index in [1.807, 2.05) is 12.1 Å². The number of aliphatic hydroxyl groups excluding tert-OH is 1. The number of nitrogens with one attached hydrogen (secondary N) is 1. The quantitative estimate of drug-likeness (QED) is 0.873. The van der Waals surface area contributed by atoms with Crippen LogP contribution in [0.3, 0.4) is 0 Å². The number of benzene rings is 1. The minimum Gasteiger partial charge on any atom is -0.394 e. The summed E-state index contributed by atoms with van der Waals surface area (Å²) >= 11 is 3.44.